The van der Waals surface area contributed by atoms with Gasteiger partial charge in [-0.15, -0.1) is 0 Å². The molecule has 0 unspecified atom stereocenters. The van der Waals surface area contributed by atoms with Crippen LogP contribution in [0.25, 0.3) is 0 Å². The van der Waals surface area contributed by atoms with Crippen LogP contribution in [0.3, 0.4) is 0 Å². The predicted octanol–water partition coefficient (Wildman–Crippen LogP) is 3.63. The number of phenols is 1. The quantitative estimate of drug-likeness (QED) is 0.560. The summed E-state index contributed by atoms with van der Waals surface area (Å²) in [5, 5.41) is 10.5. The normalized spacial score (nSPS) is 20.5. The number of ketones is 3. The standard InChI is InChI=1S/C26H28O7/c1-16-18(13-17-7-4-3-5-8-17)11-12-22(28)25(30)21(27)10-6-9-19-14-20(32-2)15-23(29)24(19)26(31)33-16/h3-5,7-8,14-16,18,29H,6,9-13H2,1-2H3/t16-,18+/m0/s1. The van der Waals surface area contributed by atoms with E-state index in [1.165, 1.54) is 13.2 Å². The first-order valence-electron chi connectivity index (χ1n) is 11.0. The molecule has 7 nitrogen and oxygen atoms in total. The van der Waals surface area contributed by atoms with Crippen molar-refractivity contribution in [3.63, 3.8) is 0 Å². The molecule has 0 saturated heterocycles. The molecule has 0 bridgehead atoms. The van der Waals surface area contributed by atoms with E-state index < -0.39 is 29.4 Å². The molecule has 0 spiro atoms. The lowest BCUT2D eigenvalue weighted by atomic mass is 9.88. The fraction of sp³-hybridized carbons (Fsp3) is 0.385. The van der Waals surface area contributed by atoms with Gasteiger partial charge in [-0.05, 0) is 49.8 Å². The number of rotatable bonds is 3. The summed E-state index contributed by atoms with van der Waals surface area (Å²) in [4.78, 5) is 50.0. The molecule has 2 atom stereocenters. The number of methoxy groups -OCH3 is 1. The number of cyclic esters (lactones) is 1. The number of fused-ring (bicyclic) bond motifs is 1. The summed E-state index contributed by atoms with van der Waals surface area (Å²) in [5.41, 5.74) is 1.47. The summed E-state index contributed by atoms with van der Waals surface area (Å²) < 4.78 is 10.9. The van der Waals surface area contributed by atoms with Crippen LogP contribution in [-0.4, -0.2) is 41.6 Å². The van der Waals surface area contributed by atoms with Gasteiger partial charge >= 0.3 is 5.97 Å². The molecule has 2 aromatic rings. The predicted molar refractivity (Wildman–Crippen MR) is 120 cm³/mol. The topological polar surface area (TPSA) is 107 Å². The number of carbonyl (C=O) groups is 4. The molecule has 0 fully saturated rings. The molecule has 3 rings (SSSR count). The second-order valence-corrected chi connectivity index (χ2v) is 8.31. The first-order valence-corrected chi connectivity index (χ1v) is 11.0. The maximum Gasteiger partial charge on any atom is 0.342 e. The Morgan fingerprint density at radius 2 is 1.70 bits per heavy atom. The highest BCUT2D eigenvalue weighted by atomic mass is 16.5. The van der Waals surface area contributed by atoms with Crippen LogP contribution in [0.5, 0.6) is 11.5 Å². The van der Waals surface area contributed by atoms with Crippen molar-refractivity contribution >= 4 is 23.3 Å². The molecule has 0 saturated carbocycles. The monoisotopic (exact) mass is 452 g/mol. The highest BCUT2D eigenvalue weighted by Crippen LogP contribution is 2.31. The largest absolute Gasteiger partial charge is 0.507 e. The van der Waals surface area contributed by atoms with Gasteiger partial charge < -0.3 is 14.6 Å². The number of aromatic hydroxyl groups is 1. The zero-order valence-corrected chi connectivity index (χ0v) is 18.8. The lowest BCUT2D eigenvalue weighted by molar-refractivity contribution is -0.144. The number of ether oxygens (including phenoxy) is 2. The van der Waals surface area contributed by atoms with Gasteiger partial charge in [0.15, 0.2) is 0 Å². The van der Waals surface area contributed by atoms with Crippen molar-refractivity contribution in [2.24, 2.45) is 5.92 Å². The molecule has 1 aliphatic heterocycles. The van der Waals surface area contributed by atoms with E-state index in [2.05, 4.69) is 0 Å². The number of hydrogen-bond acceptors (Lipinski definition) is 7. The third-order valence-electron chi connectivity index (χ3n) is 6.01. The Labute approximate surface area is 192 Å². The van der Waals surface area contributed by atoms with Crippen LogP contribution < -0.4 is 4.74 Å². The SMILES string of the molecule is COc1cc(O)c2c(c1)CCCC(=O)C(=O)C(=O)CC[C@H](Cc1ccccc1)[C@H](C)OC2=O. The molecule has 1 N–H and O–H groups in total. The maximum absolute atomic E-state index is 13.1. The second-order valence-electron chi connectivity index (χ2n) is 8.31. The van der Waals surface area contributed by atoms with Crippen molar-refractivity contribution in [3.05, 3.63) is 59.2 Å². The lowest BCUT2D eigenvalue weighted by Crippen LogP contribution is -2.29. The number of benzene rings is 2. The van der Waals surface area contributed by atoms with Gasteiger partial charge in [-0.25, -0.2) is 4.79 Å². The molecular formula is C26H28O7. The van der Waals surface area contributed by atoms with Gasteiger partial charge in [0.2, 0.25) is 11.6 Å². The Morgan fingerprint density at radius 1 is 1.00 bits per heavy atom. The summed E-state index contributed by atoms with van der Waals surface area (Å²) in [6, 6.07) is 12.5. The van der Waals surface area contributed by atoms with Crippen LogP contribution in [0.15, 0.2) is 42.5 Å². The minimum Gasteiger partial charge on any atom is -0.507 e. The van der Waals surface area contributed by atoms with E-state index in [-0.39, 0.29) is 49.3 Å². The van der Waals surface area contributed by atoms with Gasteiger partial charge in [-0.1, -0.05) is 30.3 Å². The van der Waals surface area contributed by atoms with E-state index in [0.717, 1.165) is 5.56 Å². The molecule has 174 valence electrons. The highest BCUT2D eigenvalue weighted by Gasteiger charge is 2.29. The molecular weight excluding hydrogens is 424 g/mol. The van der Waals surface area contributed by atoms with E-state index in [1.54, 1.807) is 13.0 Å². The van der Waals surface area contributed by atoms with E-state index >= 15 is 0 Å². The molecule has 33 heavy (non-hydrogen) atoms. The van der Waals surface area contributed by atoms with Crippen LogP contribution in [0.1, 0.15) is 54.1 Å². The average molecular weight is 453 g/mol. The van der Waals surface area contributed by atoms with Crippen LogP contribution in [-0.2, 0) is 32.0 Å². The fourth-order valence-corrected chi connectivity index (χ4v) is 4.09. The number of hydrogen-bond donors (Lipinski definition) is 1. The van der Waals surface area contributed by atoms with E-state index in [4.69, 9.17) is 9.47 Å². The summed E-state index contributed by atoms with van der Waals surface area (Å²) >= 11 is 0. The minimum atomic E-state index is -0.983. The van der Waals surface area contributed by atoms with Gasteiger partial charge in [0.25, 0.3) is 5.78 Å². The molecule has 7 heteroatoms. The Balaban J connectivity index is 1.96. The van der Waals surface area contributed by atoms with Crippen molar-refractivity contribution in [2.75, 3.05) is 7.11 Å². The maximum atomic E-state index is 13.1. The number of aryl methyl sites for hydroxylation is 1. The van der Waals surface area contributed by atoms with E-state index in [0.29, 0.717) is 17.7 Å². The molecule has 0 aliphatic carbocycles. The minimum absolute atomic E-state index is 0.0213. The average Bonchev–Trinajstić information content (AvgIpc) is 2.80. The smallest absolute Gasteiger partial charge is 0.342 e. The molecule has 2 aromatic carbocycles. The summed E-state index contributed by atoms with van der Waals surface area (Å²) in [5.74, 6) is -3.30. The van der Waals surface area contributed by atoms with Crippen molar-refractivity contribution in [1.29, 1.82) is 0 Å². The second kappa shape index (κ2) is 10.9. The third-order valence-corrected chi connectivity index (χ3v) is 6.01. The Kier molecular flexibility index (Phi) is 7.98. The number of Topliss-reactive ketones (excluding diaryl/α,β-unsaturated/α-hetero) is 3. The van der Waals surface area contributed by atoms with Gasteiger partial charge in [0, 0.05) is 24.8 Å². The summed E-state index contributed by atoms with van der Waals surface area (Å²) in [6.45, 7) is 1.73. The Hall–Kier alpha value is -3.48. The van der Waals surface area contributed by atoms with E-state index in [9.17, 15) is 24.3 Å². The number of carbonyl (C=O) groups excluding carboxylic acids is 4. The first-order chi connectivity index (χ1) is 15.8. The molecule has 0 aromatic heterocycles. The van der Waals surface area contributed by atoms with Crippen LogP contribution in [0, 0.1) is 5.92 Å². The summed E-state index contributed by atoms with van der Waals surface area (Å²) in [7, 11) is 1.44. The summed E-state index contributed by atoms with van der Waals surface area (Å²) in [6.07, 6.45) is 0.438. The van der Waals surface area contributed by atoms with Crippen LogP contribution in [0.2, 0.25) is 0 Å². The molecule has 1 aliphatic rings. The van der Waals surface area contributed by atoms with Crippen molar-refractivity contribution in [3.8, 4) is 11.5 Å². The lowest BCUT2D eigenvalue weighted by Gasteiger charge is -2.25. The number of esters is 1. The van der Waals surface area contributed by atoms with Crippen molar-refractivity contribution in [1.82, 2.24) is 0 Å². The highest BCUT2D eigenvalue weighted by molar-refractivity contribution is 6.63. The molecule has 0 radical (unpaired) electrons. The van der Waals surface area contributed by atoms with Gasteiger partial charge in [-0.3, -0.25) is 14.4 Å². The fourth-order valence-electron chi connectivity index (χ4n) is 4.09. The van der Waals surface area contributed by atoms with Crippen LogP contribution >= 0.6 is 0 Å². The zero-order valence-electron chi connectivity index (χ0n) is 18.8. The van der Waals surface area contributed by atoms with Gasteiger partial charge in [0.1, 0.15) is 23.2 Å². The number of phenolic OH excluding ortho intramolecular Hbond substituents is 1. The van der Waals surface area contributed by atoms with Crippen molar-refractivity contribution in [2.45, 2.75) is 51.6 Å². The first kappa shape index (κ1) is 24.2. The molecule has 1 heterocycles. The third kappa shape index (κ3) is 6.06. The van der Waals surface area contributed by atoms with Gasteiger partial charge in [0.05, 0.1) is 7.11 Å². The Bertz CT molecular complexity index is 1040. The van der Waals surface area contributed by atoms with Crippen LogP contribution in [0.4, 0.5) is 0 Å². The van der Waals surface area contributed by atoms with Crippen molar-refractivity contribution < 1.29 is 33.8 Å². The van der Waals surface area contributed by atoms with E-state index in [1.807, 2.05) is 30.3 Å². The Morgan fingerprint density at radius 3 is 2.39 bits per heavy atom. The van der Waals surface area contributed by atoms with Gasteiger partial charge in [-0.2, -0.15) is 0 Å². The molecule has 0 amide bonds. The zero-order chi connectivity index (χ0) is 24.0.